The topological polar surface area (TPSA) is 42.4 Å². The molecule has 3 nitrogen and oxygen atoms in total. The third-order valence-electron chi connectivity index (χ3n) is 3.45. The molecular formula is C17H14ClNO2. The fourth-order valence-corrected chi connectivity index (χ4v) is 2.45. The maximum atomic E-state index is 10.6. The van der Waals surface area contributed by atoms with Gasteiger partial charge in [-0.05, 0) is 47.3 Å². The quantitative estimate of drug-likeness (QED) is 0.795. The van der Waals surface area contributed by atoms with Crippen molar-refractivity contribution in [3.63, 3.8) is 0 Å². The molecule has 4 heteroatoms. The number of aromatic nitrogens is 1. The molecule has 106 valence electrons. The maximum Gasteiger partial charge on any atom is 0.122 e. The average Bonchev–Trinajstić information content (AvgIpc) is 2.53. The van der Waals surface area contributed by atoms with Gasteiger partial charge in [-0.3, -0.25) is 4.98 Å². The van der Waals surface area contributed by atoms with Crippen LogP contribution in [0, 0.1) is 0 Å². The molecule has 0 saturated heterocycles. The lowest BCUT2D eigenvalue weighted by Crippen LogP contribution is -2.03. The lowest BCUT2D eigenvalue weighted by atomic mass is 10.0. The van der Waals surface area contributed by atoms with E-state index in [0.29, 0.717) is 10.7 Å². The van der Waals surface area contributed by atoms with Gasteiger partial charge in [0.2, 0.25) is 0 Å². The molecule has 0 aliphatic carbocycles. The van der Waals surface area contributed by atoms with Gasteiger partial charge < -0.3 is 9.84 Å². The van der Waals surface area contributed by atoms with Gasteiger partial charge in [-0.25, -0.2) is 0 Å². The summed E-state index contributed by atoms with van der Waals surface area (Å²) in [5.41, 5.74) is 1.38. The highest BCUT2D eigenvalue weighted by molar-refractivity contribution is 6.30. The molecule has 0 aliphatic rings. The summed E-state index contributed by atoms with van der Waals surface area (Å²) in [6.07, 6.45) is 0.898. The number of halogens is 1. The molecule has 0 unspecified atom stereocenters. The SMILES string of the molecule is COc1ccc2c([C@H](O)c3ccc(Cl)cc3)nccc2c1. The fraction of sp³-hybridized carbons (Fsp3) is 0.118. The number of methoxy groups -OCH3 is 1. The van der Waals surface area contributed by atoms with Crippen LogP contribution < -0.4 is 4.74 Å². The number of hydrogen-bond donors (Lipinski definition) is 1. The van der Waals surface area contributed by atoms with Gasteiger partial charge in [0.15, 0.2) is 0 Å². The Hall–Kier alpha value is -2.10. The average molecular weight is 300 g/mol. The number of nitrogens with zero attached hydrogens (tertiary/aromatic N) is 1. The molecule has 2 aromatic carbocycles. The van der Waals surface area contributed by atoms with Crippen LogP contribution in [0.2, 0.25) is 5.02 Å². The van der Waals surface area contributed by atoms with Crippen molar-refractivity contribution in [1.82, 2.24) is 4.98 Å². The van der Waals surface area contributed by atoms with Crippen LogP contribution in [0.25, 0.3) is 10.8 Å². The second kappa shape index (κ2) is 5.72. The van der Waals surface area contributed by atoms with Gasteiger partial charge >= 0.3 is 0 Å². The van der Waals surface area contributed by atoms with Crippen LogP contribution in [0.1, 0.15) is 17.4 Å². The van der Waals surface area contributed by atoms with Gasteiger partial charge in [0.05, 0.1) is 12.8 Å². The minimum Gasteiger partial charge on any atom is -0.497 e. The second-order valence-electron chi connectivity index (χ2n) is 4.74. The first-order valence-electron chi connectivity index (χ1n) is 6.55. The van der Waals surface area contributed by atoms with Crippen molar-refractivity contribution < 1.29 is 9.84 Å². The molecule has 21 heavy (non-hydrogen) atoms. The summed E-state index contributed by atoms with van der Waals surface area (Å²) in [5, 5.41) is 13.1. The van der Waals surface area contributed by atoms with Crippen LogP contribution in [0.4, 0.5) is 0 Å². The highest BCUT2D eigenvalue weighted by atomic mass is 35.5. The summed E-state index contributed by atoms with van der Waals surface area (Å²) < 4.78 is 5.22. The Kier molecular flexibility index (Phi) is 3.78. The first kappa shape index (κ1) is 13.9. The van der Waals surface area contributed by atoms with Crippen molar-refractivity contribution in [2.75, 3.05) is 7.11 Å². The Morgan fingerprint density at radius 3 is 2.57 bits per heavy atom. The van der Waals surface area contributed by atoms with Gasteiger partial charge in [-0.1, -0.05) is 23.7 Å². The van der Waals surface area contributed by atoms with Gasteiger partial charge in [0.1, 0.15) is 11.9 Å². The van der Waals surface area contributed by atoms with E-state index in [0.717, 1.165) is 22.1 Å². The highest BCUT2D eigenvalue weighted by Gasteiger charge is 2.15. The van der Waals surface area contributed by atoms with E-state index in [9.17, 15) is 5.11 Å². The monoisotopic (exact) mass is 299 g/mol. The van der Waals surface area contributed by atoms with E-state index in [4.69, 9.17) is 16.3 Å². The van der Waals surface area contributed by atoms with Crippen molar-refractivity contribution in [1.29, 1.82) is 0 Å². The van der Waals surface area contributed by atoms with Gasteiger partial charge in [0.25, 0.3) is 0 Å². The molecule has 0 saturated carbocycles. The molecule has 1 aromatic heterocycles. The van der Waals surface area contributed by atoms with E-state index in [1.165, 1.54) is 0 Å². The Morgan fingerprint density at radius 2 is 1.86 bits per heavy atom. The van der Waals surface area contributed by atoms with Crippen LogP contribution >= 0.6 is 11.6 Å². The zero-order chi connectivity index (χ0) is 14.8. The second-order valence-corrected chi connectivity index (χ2v) is 5.17. The minimum absolute atomic E-state index is 0.623. The van der Waals surface area contributed by atoms with Gasteiger partial charge in [-0.15, -0.1) is 0 Å². The Labute approximate surface area is 127 Å². The highest BCUT2D eigenvalue weighted by Crippen LogP contribution is 2.29. The number of benzene rings is 2. The maximum absolute atomic E-state index is 10.6. The van der Waals surface area contributed by atoms with E-state index >= 15 is 0 Å². The van der Waals surface area contributed by atoms with Crippen LogP contribution in [0.3, 0.4) is 0 Å². The molecule has 1 heterocycles. The summed E-state index contributed by atoms with van der Waals surface area (Å²) in [6.45, 7) is 0. The van der Waals surface area contributed by atoms with Crippen molar-refractivity contribution in [3.8, 4) is 5.75 Å². The predicted molar refractivity (Wildman–Crippen MR) is 83.8 cm³/mol. The number of rotatable bonds is 3. The van der Waals surface area contributed by atoms with Crippen LogP contribution in [0.15, 0.2) is 54.7 Å². The normalized spacial score (nSPS) is 12.3. The first-order valence-corrected chi connectivity index (χ1v) is 6.93. The number of hydrogen-bond acceptors (Lipinski definition) is 3. The Bertz CT molecular complexity index is 771. The molecule has 0 spiro atoms. The largest absolute Gasteiger partial charge is 0.497 e. The molecule has 3 aromatic rings. The summed E-state index contributed by atoms with van der Waals surface area (Å²) in [4.78, 5) is 4.34. The number of ether oxygens (including phenoxy) is 1. The number of fused-ring (bicyclic) bond motifs is 1. The molecule has 0 bridgehead atoms. The molecular weight excluding hydrogens is 286 g/mol. The molecule has 0 amide bonds. The van der Waals surface area contributed by atoms with Crippen molar-refractivity contribution in [3.05, 3.63) is 71.0 Å². The first-order chi connectivity index (χ1) is 10.2. The van der Waals surface area contributed by atoms with E-state index < -0.39 is 6.10 Å². The van der Waals surface area contributed by atoms with E-state index in [-0.39, 0.29) is 0 Å². The van der Waals surface area contributed by atoms with E-state index in [2.05, 4.69) is 4.98 Å². The van der Waals surface area contributed by atoms with Crippen LogP contribution in [0.5, 0.6) is 5.75 Å². The lowest BCUT2D eigenvalue weighted by molar-refractivity contribution is 0.217. The standard InChI is InChI=1S/C17H14ClNO2/c1-21-14-6-7-15-12(10-14)8-9-19-16(15)17(20)11-2-4-13(18)5-3-11/h2-10,17,20H,1H3/t17-/m1/s1. The fourth-order valence-electron chi connectivity index (χ4n) is 2.33. The summed E-state index contributed by atoms with van der Waals surface area (Å²) >= 11 is 5.88. The van der Waals surface area contributed by atoms with Gasteiger partial charge in [0, 0.05) is 16.6 Å². The molecule has 1 N–H and O–H groups in total. The minimum atomic E-state index is -0.792. The third kappa shape index (κ3) is 2.71. The number of aliphatic hydroxyl groups is 1. The molecule has 0 aliphatic heterocycles. The molecule has 3 rings (SSSR count). The predicted octanol–water partition coefficient (Wildman–Crippen LogP) is 3.98. The van der Waals surface area contributed by atoms with E-state index in [1.54, 1.807) is 37.6 Å². The van der Waals surface area contributed by atoms with Crippen molar-refractivity contribution >= 4 is 22.4 Å². The molecule has 0 radical (unpaired) electrons. The number of pyridine rings is 1. The van der Waals surface area contributed by atoms with Crippen LogP contribution in [-0.4, -0.2) is 17.2 Å². The summed E-state index contributed by atoms with van der Waals surface area (Å²) in [6, 6.07) is 14.7. The summed E-state index contributed by atoms with van der Waals surface area (Å²) in [7, 11) is 1.63. The molecule has 0 fully saturated rings. The van der Waals surface area contributed by atoms with Gasteiger partial charge in [-0.2, -0.15) is 0 Å². The third-order valence-corrected chi connectivity index (χ3v) is 3.70. The Morgan fingerprint density at radius 1 is 1.10 bits per heavy atom. The zero-order valence-corrected chi connectivity index (χ0v) is 12.2. The van der Waals surface area contributed by atoms with Crippen LogP contribution in [-0.2, 0) is 0 Å². The smallest absolute Gasteiger partial charge is 0.122 e. The van der Waals surface area contributed by atoms with E-state index in [1.807, 2.05) is 24.3 Å². The number of aliphatic hydroxyl groups excluding tert-OH is 1. The lowest BCUT2D eigenvalue weighted by Gasteiger charge is -2.13. The summed E-state index contributed by atoms with van der Waals surface area (Å²) in [5.74, 6) is 0.778. The van der Waals surface area contributed by atoms with Crippen molar-refractivity contribution in [2.24, 2.45) is 0 Å². The Balaban J connectivity index is 2.09. The van der Waals surface area contributed by atoms with Crippen molar-refractivity contribution in [2.45, 2.75) is 6.10 Å². The molecule has 1 atom stereocenters. The zero-order valence-electron chi connectivity index (χ0n) is 11.5.